The molecule has 78 valence electrons. The van der Waals surface area contributed by atoms with E-state index in [0.717, 1.165) is 17.7 Å². The van der Waals surface area contributed by atoms with Crippen LogP contribution in [0.4, 0.5) is 0 Å². The maximum absolute atomic E-state index is 5.16. The Bertz CT molecular complexity index is 418. The third-order valence-corrected chi connectivity index (χ3v) is 2.59. The molecule has 0 amide bonds. The lowest BCUT2D eigenvalue weighted by Gasteiger charge is -2.11. The highest BCUT2D eigenvalue weighted by molar-refractivity contribution is 5.75. The van der Waals surface area contributed by atoms with Crippen LogP contribution in [0.5, 0.6) is 5.75 Å². The van der Waals surface area contributed by atoms with Crippen LogP contribution in [-0.2, 0) is 0 Å². The summed E-state index contributed by atoms with van der Waals surface area (Å²) in [4.78, 5) is 4.16. The Morgan fingerprint density at radius 1 is 1.33 bits per heavy atom. The Labute approximate surface area is 90.3 Å². The number of hydrogen-bond acceptors (Lipinski definition) is 2. The van der Waals surface area contributed by atoms with Gasteiger partial charge in [0.15, 0.2) is 0 Å². The summed E-state index contributed by atoms with van der Waals surface area (Å²) in [6, 6.07) is 2.02. The lowest BCUT2D eigenvalue weighted by Crippen LogP contribution is -1.92. The summed E-state index contributed by atoms with van der Waals surface area (Å²) in [6.45, 7) is 2.17. The molecule has 0 bridgehead atoms. The smallest absolute Gasteiger partial charge is 0.137 e. The van der Waals surface area contributed by atoms with E-state index in [0.29, 0.717) is 0 Å². The molecule has 0 saturated carbocycles. The number of pyridine rings is 1. The molecule has 2 nitrogen and oxygen atoms in total. The zero-order chi connectivity index (χ0) is 10.7. The molecule has 0 spiro atoms. The van der Waals surface area contributed by atoms with Crippen molar-refractivity contribution in [1.29, 1.82) is 0 Å². The van der Waals surface area contributed by atoms with Gasteiger partial charge in [-0.1, -0.05) is 17.7 Å². The first kappa shape index (κ1) is 9.97. The van der Waals surface area contributed by atoms with Crippen molar-refractivity contribution in [2.75, 3.05) is 7.11 Å². The number of hydrogen-bond donors (Lipinski definition) is 0. The highest BCUT2D eigenvalue weighted by Gasteiger charge is 2.05. The number of aromatic nitrogens is 1. The van der Waals surface area contributed by atoms with E-state index in [1.165, 1.54) is 17.6 Å². The maximum Gasteiger partial charge on any atom is 0.137 e. The zero-order valence-corrected chi connectivity index (χ0v) is 9.16. The minimum absolute atomic E-state index is 0.810. The van der Waals surface area contributed by atoms with Gasteiger partial charge in [-0.15, -0.1) is 0 Å². The second kappa shape index (κ2) is 4.30. The highest BCUT2D eigenvalue weighted by atomic mass is 16.5. The fraction of sp³-hybridized carbons (Fsp3) is 0.308. The molecule has 0 saturated heterocycles. The second-order valence-electron chi connectivity index (χ2n) is 3.80. The molecule has 0 aromatic carbocycles. The van der Waals surface area contributed by atoms with Gasteiger partial charge in [0.2, 0.25) is 0 Å². The fourth-order valence-corrected chi connectivity index (χ4v) is 1.74. The molecule has 15 heavy (non-hydrogen) atoms. The molecule has 1 aromatic heterocycles. The van der Waals surface area contributed by atoms with Crippen LogP contribution >= 0.6 is 0 Å². The fourth-order valence-electron chi connectivity index (χ4n) is 1.74. The van der Waals surface area contributed by atoms with Crippen molar-refractivity contribution < 1.29 is 4.74 Å². The molecular weight excluding hydrogens is 186 g/mol. The number of ether oxygens (including phenoxy) is 1. The van der Waals surface area contributed by atoms with Gasteiger partial charge >= 0.3 is 0 Å². The molecule has 1 heterocycles. The normalized spacial score (nSPS) is 15.6. The molecule has 0 fully saturated rings. The van der Waals surface area contributed by atoms with Crippen molar-refractivity contribution >= 4 is 5.57 Å². The third-order valence-electron chi connectivity index (χ3n) is 2.59. The molecule has 0 atom stereocenters. The molecule has 2 rings (SSSR count). The molecule has 0 radical (unpaired) electrons. The van der Waals surface area contributed by atoms with Crippen LogP contribution in [0, 0.1) is 0 Å². The molecule has 1 aliphatic rings. The van der Waals surface area contributed by atoms with Gasteiger partial charge in [0.05, 0.1) is 13.3 Å². The molecular formula is C13H15NO. The lowest BCUT2D eigenvalue weighted by atomic mass is 9.96. The molecule has 2 heteroatoms. The monoisotopic (exact) mass is 201 g/mol. The van der Waals surface area contributed by atoms with Crippen LogP contribution in [0.1, 0.15) is 25.3 Å². The average molecular weight is 201 g/mol. The van der Waals surface area contributed by atoms with E-state index < -0.39 is 0 Å². The van der Waals surface area contributed by atoms with E-state index >= 15 is 0 Å². The Balaban J connectivity index is 2.33. The van der Waals surface area contributed by atoms with E-state index in [1.807, 2.05) is 12.3 Å². The lowest BCUT2D eigenvalue weighted by molar-refractivity contribution is 0.413. The topological polar surface area (TPSA) is 22.1 Å². The van der Waals surface area contributed by atoms with Gasteiger partial charge in [0.25, 0.3) is 0 Å². The largest absolute Gasteiger partial charge is 0.495 e. The summed E-state index contributed by atoms with van der Waals surface area (Å²) >= 11 is 0. The first-order valence-corrected chi connectivity index (χ1v) is 5.16. The van der Waals surface area contributed by atoms with Crippen molar-refractivity contribution in [3.8, 4) is 5.75 Å². The molecule has 0 N–H and O–H groups in total. The Hall–Kier alpha value is -1.57. The van der Waals surface area contributed by atoms with E-state index in [1.54, 1.807) is 13.3 Å². The third kappa shape index (κ3) is 2.27. The quantitative estimate of drug-likeness (QED) is 0.733. The Morgan fingerprint density at radius 3 is 2.93 bits per heavy atom. The summed E-state index contributed by atoms with van der Waals surface area (Å²) in [5, 5.41) is 0. The second-order valence-corrected chi connectivity index (χ2v) is 3.80. The standard InChI is InChI=1S/C13H15NO/c1-10-4-3-5-11(6-10)12-7-13(15-2)9-14-8-12/h5-9H,3-4H2,1-2H3. The van der Waals surface area contributed by atoms with Gasteiger partial charge in [-0.2, -0.15) is 0 Å². The van der Waals surface area contributed by atoms with E-state index in [4.69, 9.17) is 4.74 Å². The minimum atomic E-state index is 0.810. The summed E-state index contributed by atoms with van der Waals surface area (Å²) in [7, 11) is 1.66. The minimum Gasteiger partial charge on any atom is -0.495 e. The van der Waals surface area contributed by atoms with Crippen LogP contribution in [-0.4, -0.2) is 12.1 Å². The van der Waals surface area contributed by atoms with Gasteiger partial charge < -0.3 is 4.74 Å². The summed E-state index contributed by atoms with van der Waals surface area (Å²) in [6.07, 6.45) is 10.4. The van der Waals surface area contributed by atoms with Crippen LogP contribution in [0.2, 0.25) is 0 Å². The molecule has 0 unspecified atom stereocenters. The number of methoxy groups -OCH3 is 1. The predicted molar refractivity (Wildman–Crippen MR) is 61.8 cm³/mol. The van der Waals surface area contributed by atoms with Crippen molar-refractivity contribution in [2.24, 2.45) is 0 Å². The van der Waals surface area contributed by atoms with E-state index in [2.05, 4.69) is 24.1 Å². The molecule has 1 aromatic rings. The SMILES string of the molecule is COc1cncc(C2=CCCC(C)=C2)c1. The van der Waals surface area contributed by atoms with Gasteiger partial charge in [0.1, 0.15) is 5.75 Å². The maximum atomic E-state index is 5.16. The predicted octanol–water partition coefficient (Wildman–Crippen LogP) is 3.21. The molecule has 0 aliphatic heterocycles. The van der Waals surface area contributed by atoms with Gasteiger partial charge in [0, 0.05) is 11.8 Å². The van der Waals surface area contributed by atoms with Gasteiger partial charge in [-0.25, -0.2) is 0 Å². The summed E-state index contributed by atoms with van der Waals surface area (Å²) in [5.41, 5.74) is 3.81. The number of allylic oxidation sites excluding steroid dienone is 4. The zero-order valence-electron chi connectivity index (χ0n) is 9.16. The number of nitrogens with zero attached hydrogens (tertiary/aromatic N) is 1. The van der Waals surface area contributed by atoms with Crippen molar-refractivity contribution in [1.82, 2.24) is 4.98 Å². The van der Waals surface area contributed by atoms with E-state index in [9.17, 15) is 0 Å². The van der Waals surface area contributed by atoms with Crippen LogP contribution < -0.4 is 4.74 Å². The van der Waals surface area contributed by atoms with Crippen LogP contribution in [0.15, 0.2) is 36.2 Å². The van der Waals surface area contributed by atoms with E-state index in [-0.39, 0.29) is 0 Å². The molecule has 1 aliphatic carbocycles. The van der Waals surface area contributed by atoms with Crippen molar-refractivity contribution in [3.05, 3.63) is 41.7 Å². The summed E-state index contributed by atoms with van der Waals surface area (Å²) < 4.78 is 5.16. The van der Waals surface area contributed by atoms with Crippen molar-refractivity contribution in [3.63, 3.8) is 0 Å². The highest BCUT2D eigenvalue weighted by Crippen LogP contribution is 2.26. The Kier molecular flexibility index (Phi) is 2.86. The first-order valence-electron chi connectivity index (χ1n) is 5.16. The van der Waals surface area contributed by atoms with Crippen molar-refractivity contribution in [2.45, 2.75) is 19.8 Å². The number of rotatable bonds is 2. The average Bonchev–Trinajstić information content (AvgIpc) is 2.29. The van der Waals surface area contributed by atoms with Crippen LogP contribution in [0.3, 0.4) is 0 Å². The van der Waals surface area contributed by atoms with Gasteiger partial charge in [-0.05, 0) is 31.4 Å². The Morgan fingerprint density at radius 2 is 2.20 bits per heavy atom. The van der Waals surface area contributed by atoms with Crippen LogP contribution in [0.25, 0.3) is 5.57 Å². The summed E-state index contributed by atoms with van der Waals surface area (Å²) in [5.74, 6) is 0.810. The van der Waals surface area contributed by atoms with Gasteiger partial charge in [-0.3, -0.25) is 4.98 Å². The first-order chi connectivity index (χ1) is 7.29.